The molecular weight excluding hydrogens is 454 g/mol. The first-order valence-corrected chi connectivity index (χ1v) is 11.9. The molecule has 190 valence electrons. The van der Waals surface area contributed by atoms with Gasteiger partial charge in [-0.2, -0.15) is 14.0 Å². The van der Waals surface area contributed by atoms with Crippen LogP contribution in [0.5, 0.6) is 5.75 Å². The molecule has 1 aliphatic carbocycles. The number of rotatable bonds is 7. The minimum atomic E-state index is -3.06. The highest BCUT2D eigenvalue weighted by atomic mass is 19.3. The number of aromatic nitrogens is 2. The van der Waals surface area contributed by atoms with E-state index < -0.39 is 18.6 Å². The normalized spacial score (nSPS) is 20.5. The van der Waals surface area contributed by atoms with Gasteiger partial charge in [-0.25, -0.2) is 4.98 Å². The van der Waals surface area contributed by atoms with Gasteiger partial charge in [0, 0.05) is 12.5 Å². The Balaban J connectivity index is 1.91. The zero-order valence-corrected chi connectivity index (χ0v) is 20.9. The molecule has 0 aliphatic heterocycles. The molecule has 1 amide bonds. The van der Waals surface area contributed by atoms with E-state index in [9.17, 15) is 23.9 Å². The largest absolute Gasteiger partial charge is 0.433 e. The van der Waals surface area contributed by atoms with E-state index >= 15 is 0 Å². The minimum Gasteiger partial charge on any atom is -0.433 e. The van der Waals surface area contributed by atoms with Crippen LogP contribution in [0.2, 0.25) is 0 Å². The van der Waals surface area contributed by atoms with E-state index in [1.54, 1.807) is 25.1 Å². The van der Waals surface area contributed by atoms with Crippen molar-refractivity contribution in [2.24, 2.45) is 17.3 Å². The van der Waals surface area contributed by atoms with Crippen molar-refractivity contribution in [2.45, 2.75) is 73.0 Å². The molecule has 3 rings (SSSR count). The Labute approximate surface area is 205 Å². The molecule has 9 heteroatoms. The average molecular weight is 489 g/mol. The molecule has 0 unspecified atom stereocenters. The van der Waals surface area contributed by atoms with Gasteiger partial charge in [-0.15, -0.1) is 0 Å². The number of imidazole rings is 1. The maximum atomic E-state index is 13.2. The Kier molecular flexibility index (Phi) is 8.16. The van der Waals surface area contributed by atoms with Crippen LogP contribution in [-0.4, -0.2) is 39.8 Å². The van der Waals surface area contributed by atoms with E-state index in [4.69, 9.17) is 4.74 Å². The summed E-state index contributed by atoms with van der Waals surface area (Å²) in [6.45, 7) is 7.03. The van der Waals surface area contributed by atoms with Crippen molar-refractivity contribution in [3.05, 3.63) is 41.0 Å². The molecule has 1 saturated carbocycles. The number of carbonyl (C=O) groups is 1. The lowest BCUT2D eigenvalue weighted by molar-refractivity contribution is -0.0499. The minimum absolute atomic E-state index is 0.0646. The number of aliphatic hydroxyl groups excluding tert-OH is 1. The summed E-state index contributed by atoms with van der Waals surface area (Å²) in [7, 11) is 0. The molecule has 35 heavy (non-hydrogen) atoms. The Morgan fingerprint density at radius 2 is 2.09 bits per heavy atom. The number of nitriles is 1. The molecule has 0 spiro atoms. The second-order valence-electron chi connectivity index (χ2n) is 10.7. The van der Waals surface area contributed by atoms with Crippen molar-refractivity contribution in [1.82, 2.24) is 14.9 Å². The van der Waals surface area contributed by atoms with Gasteiger partial charge in [-0.1, -0.05) is 40.2 Å². The number of halogens is 2. The van der Waals surface area contributed by atoms with Crippen molar-refractivity contribution < 1.29 is 23.4 Å². The number of nitrogens with zero attached hydrogens (tertiary/aromatic N) is 3. The number of hydrogen-bond donors (Lipinski definition) is 2. The molecule has 3 atom stereocenters. The second kappa shape index (κ2) is 10.7. The summed E-state index contributed by atoms with van der Waals surface area (Å²) in [5.41, 5.74) is 0.791. The zero-order chi connectivity index (χ0) is 25.9. The molecule has 1 aromatic heterocycles. The van der Waals surface area contributed by atoms with Crippen LogP contribution in [0.4, 0.5) is 8.78 Å². The van der Waals surface area contributed by atoms with E-state index in [-0.39, 0.29) is 40.7 Å². The molecule has 2 N–H and O–H groups in total. The van der Waals surface area contributed by atoms with Crippen LogP contribution < -0.4 is 10.1 Å². The third-order valence-electron chi connectivity index (χ3n) is 6.32. The monoisotopic (exact) mass is 488 g/mol. The van der Waals surface area contributed by atoms with E-state index in [1.807, 2.05) is 26.8 Å². The number of carbonyl (C=O) groups excluding carboxylic acids is 1. The van der Waals surface area contributed by atoms with Gasteiger partial charge in [0.05, 0.1) is 11.8 Å². The van der Waals surface area contributed by atoms with Crippen molar-refractivity contribution in [3.63, 3.8) is 0 Å². The van der Waals surface area contributed by atoms with E-state index in [0.717, 1.165) is 18.4 Å². The van der Waals surface area contributed by atoms with Gasteiger partial charge in [0.15, 0.2) is 11.4 Å². The van der Waals surface area contributed by atoms with Gasteiger partial charge >= 0.3 is 6.61 Å². The summed E-state index contributed by atoms with van der Waals surface area (Å²) in [4.78, 5) is 17.2. The van der Waals surface area contributed by atoms with Crippen LogP contribution in [0.15, 0.2) is 18.2 Å². The number of aryl methyl sites for hydroxylation is 1. The molecular formula is C26H34F2N4O3. The van der Waals surface area contributed by atoms with Crippen LogP contribution in [-0.2, 0) is 6.42 Å². The van der Waals surface area contributed by atoms with Crippen molar-refractivity contribution >= 4 is 5.91 Å². The lowest BCUT2D eigenvalue weighted by Crippen LogP contribution is -2.38. The highest BCUT2D eigenvalue weighted by Gasteiger charge is 2.29. The highest BCUT2D eigenvalue weighted by molar-refractivity contribution is 5.94. The second-order valence-corrected chi connectivity index (χ2v) is 10.7. The predicted octanol–water partition coefficient (Wildman–Crippen LogP) is 4.77. The van der Waals surface area contributed by atoms with Crippen molar-refractivity contribution in [3.8, 4) is 17.5 Å². The quantitative estimate of drug-likeness (QED) is 0.585. The Morgan fingerprint density at radius 3 is 2.69 bits per heavy atom. The first kappa shape index (κ1) is 26.6. The summed E-state index contributed by atoms with van der Waals surface area (Å²) in [5, 5.41) is 23.0. The average Bonchev–Trinajstić information content (AvgIpc) is 3.07. The molecule has 0 radical (unpaired) electrons. The molecule has 1 aromatic carbocycles. The number of amides is 1. The van der Waals surface area contributed by atoms with E-state index in [2.05, 4.69) is 17.2 Å². The van der Waals surface area contributed by atoms with Crippen molar-refractivity contribution in [2.75, 3.05) is 6.54 Å². The van der Waals surface area contributed by atoms with E-state index in [1.165, 1.54) is 4.57 Å². The van der Waals surface area contributed by atoms with Gasteiger partial charge in [0.25, 0.3) is 5.91 Å². The number of hydrogen-bond acceptors (Lipinski definition) is 5. The molecule has 7 nitrogen and oxygen atoms in total. The summed E-state index contributed by atoms with van der Waals surface area (Å²) in [5.74, 6) is 0.0335. The van der Waals surface area contributed by atoms with Gasteiger partial charge in [-0.05, 0) is 55.2 Å². The molecule has 1 fully saturated rings. The molecule has 2 aromatic rings. The Morgan fingerprint density at radius 1 is 1.37 bits per heavy atom. The standard InChI is InChI=1S/C26H34F2N4O3/c1-15-6-8-18(21(33)10-15)14-30-24(34)23-20(13-29)32(16(2)31-23)19-9-7-17(12-26(3,4)5)11-22(19)35-25(27)28/h7,9,11,15,18,21,25,33H,6,8,10,12,14H2,1-5H3,(H,30,34)/t15-,18+,21-/m1/s1. The van der Waals surface area contributed by atoms with Crippen LogP contribution in [0, 0.1) is 35.5 Å². The fraction of sp³-hybridized carbons (Fsp3) is 0.577. The molecule has 0 saturated heterocycles. The summed E-state index contributed by atoms with van der Waals surface area (Å²) in [6.07, 6.45) is 2.62. The Hall–Kier alpha value is -2.99. The third kappa shape index (κ3) is 6.57. The lowest BCUT2D eigenvalue weighted by atomic mass is 9.81. The number of benzene rings is 1. The van der Waals surface area contributed by atoms with Gasteiger partial charge < -0.3 is 15.2 Å². The topological polar surface area (TPSA) is 100 Å². The summed E-state index contributed by atoms with van der Waals surface area (Å²) < 4.78 is 32.6. The number of alkyl halides is 2. The van der Waals surface area contributed by atoms with Crippen molar-refractivity contribution in [1.29, 1.82) is 5.26 Å². The SMILES string of the molecule is Cc1nc(C(=O)NC[C@@H]2CC[C@@H](C)C[C@H]2O)c(C#N)n1-c1ccc(CC(C)(C)C)cc1OC(F)F. The Bertz CT molecular complexity index is 1100. The number of nitrogens with one attached hydrogen (secondary N) is 1. The van der Waals surface area contributed by atoms with Gasteiger partial charge in [0.1, 0.15) is 17.6 Å². The molecule has 1 heterocycles. The first-order chi connectivity index (χ1) is 16.4. The molecule has 1 aliphatic rings. The van der Waals surface area contributed by atoms with Gasteiger partial charge in [0.2, 0.25) is 0 Å². The van der Waals surface area contributed by atoms with Crippen LogP contribution in [0.25, 0.3) is 5.69 Å². The van der Waals surface area contributed by atoms with Crippen LogP contribution in [0.3, 0.4) is 0 Å². The number of aliphatic hydroxyl groups is 1. The maximum Gasteiger partial charge on any atom is 0.387 e. The lowest BCUT2D eigenvalue weighted by Gasteiger charge is -2.31. The third-order valence-corrected chi connectivity index (χ3v) is 6.32. The van der Waals surface area contributed by atoms with E-state index in [0.29, 0.717) is 24.6 Å². The summed E-state index contributed by atoms with van der Waals surface area (Å²) >= 11 is 0. The summed E-state index contributed by atoms with van der Waals surface area (Å²) in [6, 6.07) is 6.94. The fourth-order valence-electron chi connectivity index (χ4n) is 4.70. The number of ether oxygens (including phenoxy) is 1. The van der Waals surface area contributed by atoms with Crippen LogP contribution >= 0.6 is 0 Å². The molecule has 0 bridgehead atoms. The first-order valence-electron chi connectivity index (χ1n) is 11.9. The van der Waals surface area contributed by atoms with Crippen LogP contribution in [0.1, 0.15) is 74.5 Å². The predicted molar refractivity (Wildman–Crippen MR) is 128 cm³/mol. The van der Waals surface area contributed by atoms with Gasteiger partial charge in [-0.3, -0.25) is 9.36 Å². The maximum absolute atomic E-state index is 13.2. The fourth-order valence-corrected chi connectivity index (χ4v) is 4.70. The highest BCUT2D eigenvalue weighted by Crippen LogP contribution is 2.32. The smallest absolute Gasteiger partial charge is 0.387 e. The zero-order valence-electron chi connectivity index (χ0n) is 20.9.